The Hall–Kier alpha value is -3.03. The number of anilines is 1. The van der Waals surface area contributed by atoms with Crippen LogP contribution in [0, 0.1) is 23.3 Å². The number of hydrogen-bond donors (Lipinski definition) is 1. The quantitative estimate of drug-likeness (QED) is 0.379. The number of halogens is 4. The lowest BCUT2D eigenvalue weighted by Crippen LogP contribution is -2.41. The summed E-state index contributed by atoms with van der Waals surface area (Å²) >= 11 is 0. The van der Waals surface area contributed by atoms with Crippen LogP contribution in [0.2, 0.25) is 0 Å². The highest BCUT2D eigenvalue weighted by molar-refractivity contribution is 7.89. The molecule has 3 rings (SSSR count). The molecular formula is C20H18F4N2O6S. The van der Waals surface area contributed by atoms with E-state index in [0.717, 1.165) is 35.5 Å². The predicted molar refractivity (Wildman–Crippen MR) is 106 cm³/mol. The Morgan fingerprint density at radius 3 is 2.33 bits per heavy atom. The van der Waals surface area contributed by atoms with Gasteiger partial charge in [0.25, 0.3) is 5.91 Å². The molecule has 1 heterocycles. The van der Waals surface area contributed by atoms with Crippen molar-refractivity contribution in [3.8, 4) is 0 Å². The summed E-state index contributed by atoms with van der Waals surface area (Å²) < 4.78 is 90.7. The highest BCUT2D eigenvalue weighted by atomic mass is 32.2. The molecule has 1 N–H and O–H groups in total. The summed E-state index contributed by atoms with van der Waals surface area (Å²) in [5, 5.41) is 1.95. The molecule has 2 aromatic carbocycles. The minimum absolute atomic E-state index is 0.00813. The average Bonchev–Trinajstić information content (AvgIpc) is 2.80. The lowest BCUT2D eigenvalue weighted by molar-refractivity contribution is -0.123. The van der Waals surface area contributed by atoms with Crippen molar-refractivity contribution in [3.05, 3.63) is 59.2 Å². The van der Waals surface area contributed by atoms with E-state index in [0.29, 0.717) is 6.07 Å². The fraction of sp³-hybridized carbons (Fsp3) is 0.300. The third kappa shape index (κ3) is 5.31. The number of ether oxygens (including phenoxy) is 2. The third-order valence-corrected chi connectivity index (χ3v) is 6.61. The van der Waals surface area contributed by atoms with Crippen LogP contribution in [0.25, 0.3) is 0 Å². The van der Waals surface area contributed by atoms with Gasteiger partial charge in [-0.05, 0) is 37.3 Å². The molecule has 1 atom stereocenters. The maximum Gasteiger partial charge on any atom is 0.338 e. The van der Waals surface area contributed by atoms with E-state index < -0.39 is 61.9 Å². The molecule has 178 valence electrons. The molecule has 13 heteroatoms. The zero-order chi connectivity index (χ0) is 24.3. The van der Waals surface area contributed by atoms with Gasteiger partial charge in [0.1, 0.15) is 10.7 Å². The van der Waals surface area contributed by atoms with Gasteiger partial charge >= 0.3 is 5.97 Å². The highest BCUT2D eigenvalue weighted by Crippen LogP contribution is 2.23. The number of esters is 1. The molecule has 0 radical (unpaired) electrons. The number of amides is 1. The molecule has 1 amide bonds. The largest absolute Gasteiger partial charge is 0.449 e. The molecule has 2 aromatic rings. The smallest absolute Gasteiger partial charge is 0.338 e. The molecule has 0 saturated carbocycles. The van der Waals surface area contributed by atoms with Crippen LogP contribution < -0.4 is 5.32 Å². The van der Waals surface area contributed by atoms with E-state index >= 15 is 0 Å². The Morgan fingerprint density at radius 1 is 1.03 bits per heavy atom. The van der Waals surface area contributed by atoms with Crippen LogP contribution in [0.15, 0.2) is 35.2 Å². The molecular weight excluding hydrogens is 472 g/mol. The van der Waals surface area contributed by atoms with E-state index in [1.165, 1.54) is 0 Å². The van der Waals surface area contributed by atoms with Gasteiger partial charge in [-0.15, -0.1) is 0 Å². The zero-order valence-electron chi connectivity index (χ0n) is 17.1. The fourth-order valence-electron chi connectivity index (χ4n) is 2.89. The third-order valence-electron chi connectivity index (χ3n) is 4.70. The Bertz CT molecular complexity index is 1190. The van der Waals surface area contributed by atoms with E-state index in [2.05, 4.69) is 0 Å². The van der Waals surface area contributed by atoms with Crippen molar-refractivity contribution in [1.29, 1.82) is 0 Å². The first-order valence-electron chi connectivity index (χ1n) is 9.55. The minimum atomic E-state index is -4.26. The van der Waals surface area contributed by atoms with Gasteiger partial charge < -0.3 is 14.8 Å². The van der Waals surface area contributed by atoms with Crippen LogP contribution in [-0.4, -0.2) is 57.0 Å². The SMILES string of the molecule is CC(OC(=O)c1ccc(F)c(S(=O)(=O)N2CCOCC2)c1)C(=O)Nc1ccc(F)c(F)c1F. The second kappa shape index (κ2) is 9.85. The Balaban J connectivity index is 1.74. The monoisotopic (exact) mass is 490 g/mol. The second-order valence-electron chi connectivity index (χ2n) is 6.92. The van der Waals surface area contributed by atoms with E-state index in [1.54, 1.807) is 0 Å². The average molecular weight is 490 g/mol. The molecule has 1 saturated heterocycles. The lowest BCUT2D eigenvalue weighted by atomic mass is 10.2. The summed E-state index contributed by atoms with van der Waals surface area (Å²) in [4.78, 5) is 23.8. The standard InChI is InChI=1S/C20H18F4N2O6S/c1-11(19(27)25-15-5-4-14(22)17(23)18(15)24)32-20(28)12-2-3-13(21)16(10-12)33(29,30)26-6-8-31-9-7-26/h2-5,10-11H,6-9H2,1H3,(H,25,27). The number of nitrogens with one attached hydrogen (secondary N) is 1. The molecule has 1 aliphatic heterocycles. The first kappa shape index (κ1) is 24.6. The second-order valence-corrected chi connectivity index (χ2v) is 8.83. The highest BCUT2D eigenvalue weighted by Gasteiger charge is 2.30. The number of hydrogen-bond acceptors (Lipinski definition) is 6. The molecule has 0 aliphatic carbocycles. The van der Waals surface area contributed by atoms with Crippen LogP contribution >= 0.6 is 0 Å². The molecule has 0 spiro atoms. The minimum Gasteiger partial charge on any atom is -0.449 e. The fourth-order valence-corrected chi connectivity index (χ4v) is 4.39. The van der Waals surface area contributed by atoms with Crippen LogP contribution in [-0.2, 0) is 24.3 Å². The zero-order valence-corrected chi connectivity index (χ0v) is 17.9. The summed E-state index contributed by atoms with van der Waals surface area (Å²) in [5.74, 6) is -8.21. The molecule has 0 bridgehead atoms. The summed E-state index contributed by atoms with van der Waals surface area (Å²) in [5.41, 5.74) is -1.04. The number of nitrogens with zero attached hydrogens (tertiary/aromatic N) is 1. The van der Waals surface area contributed by atoms with Crippen molar-refractivity contribution < 1.29 is 45.0 Å². The maximum atomic E-state index is 14.3. The summed E-state index contributed by atoms with van der Waals surface area (Å²) in [6.45, 7) is 1.39. The molecule has 0 aromatic heterocycles. The summed E-state index contributed by atoms with van der Waals surface area (Å²) in [6, 6.07) is 3.89. The number of carbonyl (C=O) groups excluding carboxylic acids is 2. The van der Waals surface area contributed by atoms with E-state index in [1.807, 2.05) is 5.32 Å². The van der Waals surface area contributed by atoms with Gasteiger partial charge in [0.05, 0.1) is 24.5 Å². The number of morpholine rings is 1. The summed E-state index contributed by atoms with van der Waals surface area (Å²) in [7, 11) is -4.26. The lowest BCUT2D eigenvalue weighted by Gasteiger charge is -2.26. The van der Waals surface area contributed by atoms with Gasteiger partial charge in [0, 0.05) is 13.1 Å². The van der Waals surface area contributed by atoms with Gasteiger partial charge in [0.15, 0.2) is 23.6 Å². The maximum absolute atomic E-state index is 14.3. The van der Waals surface area contributed by atoms with Crippen molar-refractivity contribution in [1.82, 2.24) is 4.31 Å². The molecule has 1 fully saturated rings. The molecule has 33 heavy (non-hydrogen) atoms. The van der Waals surface area contributed by atoms with Crippen molar-refractivity contribution >= 4 is 27.6 Å². The molecule has 1 unspecified atom stereocenters. The first-order valence-corrected chi connectivity index (χ1v) is 11.0. The number of carbonyl (C=O) groups is 2. The van der Waals surface area contributed by atoms with E-state index in [4.69, 9.17) is 9.47 Å². The van der Waals surface area contributed by atoms with Crippen LogP contribution in [0.1, 0.15) is 17.3 Å². The van der Waals surface area contributed by atoms with Crippen LogP contribution in [0.3, 0.4) is 0 Å². The van der Waals surface area contributed by atoms with Crippen molar-refractivity contribution in [2.75, 3.05) is 31.6 Å². The number of benzene rings is 2. The topological polar surface area (TPSA) is 102 Å². The van der Waals surface area contributed by atoms with Crippen molar-refractivity contribution in [2.45, 2.75) is 17.9 Å². The number of rotatable bonds is 6. The van der Waals surface area contributed by atoms with Crippen molar-refractivity contribution in [2.24, 2.45) is 0 Å². The van der Waals surface area contributed by atoms with Crippen LogP contribution in [0.4, 0.5) is 23.2 Å². The van der Waals surface area contributed by atoms with E-state index in [-0.39, 0.29) is 31.9 Å². The van der Waals surface area contributed by atoms with Gasteiger partial charge in [-0.3, -0.25) is 4.79 Å². The van der Waals surface area contributed by atoms with Gasteiger partial charge in [-0.1, -0.05) is 0 Å². The normalized spacial score (nSPS) is 15.7. The van der Waals surface area contributed by atoms with E-state index in [9.17, 15) is 35.6 Å². The van der Waals surface area contributed by atoms with Crippen LogP contribution in [0.5, 0.6) is 0 Å². The van der Waals surface area contributed by atoms with Gasteiger partial charge in [-0.2, -0.15) is 4.31 Å². The molecule has 1 aliphatic rings. The first-order chi connectivity index (χ1) is 15.5. The number of sulfonamides is 1. The Morgan fingerprint density at radius 2 is 1.67 bits per heavy atom. The van der Waals surface area contributed by atoms with Gasteiger partial charge in [0.2, 0.25) is 10.0 Å². The molecule has 8 nitrogen and oxygen atoms in total. The summed E-state index contributed by atoms with van der Waals surface area (Å²) in [6.07, 6.45) is -1.55. The predicted octanol–water partition coefficient (Wildman–Crippen LogP) is 2.45. The van der Waals surface area contributed by atoms with Crippen molar-refractivity contribution in [3.63, 3.8) is 0 Å². The van der Waals surface area contributed by atoms with Gasteiger partial charge in [-0.25, -0.2) is 30.8 Å². The Labute approximate surface area is 186 Å². The Kier molecular flexibility index (Phi) is 7.34.